The van der Waals surface area contributed by atoms with E-state index in [0.717, 1.165) is 30.9 Å². The molecular weight excluding hydrogens is 224 g/mol. The molecule has 0 saturated heterocycles. The molecule has 0 amide bonds. The number of benzene rings is 1. The summed E-state index contributed by atoms with van der Waals surface area (Å²) >= 11 is 0. The molecule has 1 aromatic rings. The number of ether oxygens (including phenoxy) is 1. The van der Waals surface area contributed by atoms with Crippen molar-refractivity contribution < 1.29 is 4.74 Å². The Morgan fingerprint density at radius 3 is 2.72 bits per heavy atom. The van der Waals surface area contributed by atoms with Gasteiger partial charge >= 0.3 is 0 Å². The highest BCUT2D eigenvalue weighted by atomic mass is 16.5. The van der Waals surface area contributed by atoms with Crippen molar-refractivity contribution in [3.63, 3.8) is 0 Å². The summed E-state index contributed by atoms with van der Waals surface area (Å²) in [5.74, 6) is 0.925. The van der Waals surface area contributed by atoms with E-state index in [4.69, 9.17) is 10.5 Å². The summed E-state index contributed by atoms with van der Waals surface area (Å²) in [4.78, 5) is 2.36. The van der Waals surface area contributed by atoms with E-state index < -0.39 is 0 Å². The first-order valence-electron chi connectivity index (χ1n) is 6.86. The van der Waals surface area contributed by atoms with Crippen molar-refractivity contribution in [3.8, 4) is 5.75 Å². The van der Waals surface area contributed by atoms with Crippen LogP contribution in [0.4, 0.5) is 0 Å². The Morgan fingerprint density at radius 1 is 1.22 bits per heavy atom. The van der Waals surface area contributed by atoms with E-state index in [1.165, 1.54) is 19.4 Å². The number of nitrogens with two attached hydrogens (primary N) is 1. The zero-order valence-electron chi connectivity index (χ0n) is 11.7. The molecule has 0 aliphatic carbocycles. The predicted molar refractivity (Wildman–Crippen MR) is 76.9 cm³/mol. The highest BCUT2D eigenvalue weighted by molar-refractivity contribution is 5.28. The van der Waals surface area contributed by atoms with E-state index in [2.05, 4.69) is 18.9 Å². The number of hydrogen-bond acceptors (Lipinski definition) is 3. The Bertz CT molecular complexity index is 328. The van der Waals surface area contributed by atoms with Crippen LogP contribution in [0.3, 0.4) is 0 Å². The summed E-state index contributed by atoms with van der Waals surface area (Å²) in [6.07, 6.45) is 3.59. The largest absolute Gasteiger partial charge is 0.494 e. The van der Waals surface area contributed by atoms with Crippen molar-refractivity contribution in [1.29, 1.82) is 0 Å². The highest BCUT2D eigenvalue weighted by Gasteiger charge is 1.99. The van der Waals surface area contributed by atoms with E-state index in [0.29, 0.717) is 6.54 Å². The second-order valence-electron chi connectivity index (χ2n) is 4.71. The Kier molecular flexibility index (Phi) is 7.46. The third kappa shape index (κ3) is 6.03. The van der Waals surface area contributed by atoms with Crippen LogP contribution in [-0.2, 0) is 6.54 Å². The SMILES string of the molecule is CCCCN(C)CCCOc1cccc(CN)c1. The summed E-state index contributed by atoms with van der Waals surface area (Å²) in [7, 11) is 2.17. The maximum Gasteiger partial charge on any atom is 0.119 e. The van der Waals surface area contributed by atoms with Gasteiger partial charge in [-0.2, -0.15) is 0 Å². The normalized spacial score (nSPS) is 10.9. The van der Waals surface area contributed by atoms with Crippen molar-refractivity contribution in [2.24, 2.45) is 5.73 Å². The minimum absolute atomic E-state index is 0.566. The summed E-state index contributed by atoms with van der Waals surface area (Å²) in [6, 6.07) is 8.01. The van der Waals surface area contributed by atoms with Gasteiger partial charge in [-0.1, -0.05) is 25.5 Å². The lowest BCUT2D eigenvalue weighted by molar-refractivity contribution is 0.260. The second kappa shape index (κ2) is 8.95. The molecule has 102 valence electrons. The van der Waals surface area contributed by atoms with Crippen LogP contribution in [0.1, 0.15) is 31.7 Å². The van der Waals surface area contributed by atoms with E-state index in [9.17, 15) is 0 Å². The van der Waals surface area contributed by atoms with E-state index in [1.54, 1.807) is 0 Å². The van der Waals surface area contributed by atoms with Gasteiger partial charge in [-0.15, -0.1) is 0 Å². The monoisotopic (exact) mass is 250 g/mol. The Labute approximate surface area is 111 Å². The molecule has 2 N–H and O–H groups in total. The van der Waals surface area contributed by atoms with Crippen LogP contribution < -0.4 is 10.5 Å². The first-order valence-corrected chi connectivity index (χ1v) is 6.86. The molecule has 0 aliphatic heterocycles. The van der Waals surface area contributed by atoms with E-state index in [-0.39, 0.29) is 0 Å². The van der Waals surface area contributed by atoms with Gasteiger partial charge in [0.05, 0.1) is 6.61 Å². The summed E-state index contributed by atoms with van der Waals surface area (Å²) in [6.45, 7) is 5.83. The lowest BCUT2D eigenvalue weighted by atomic mass is 10.2. The van der Waals surface area contributed by atoms with Crippen LogP contribution in [0, 0.1) is 0 Å². The molecule has 0 unspecified atom stereocenters. The fourth-order valence-electron chi connectivity index (χ4n) is 1.83. The number of unbranched alkanes of at least 4 members (excludes halogenated alkanes) is 1. The maximum atomic E-state index is 5.72. The molecule has 3 heteroatoms. The number of rotatable bonds is 9. The van der Waals surface area contributed by atoms with Crippen molar-refractivity contribution in [2.45, 2.75) is 32.7 Å². The van der Waals surface area contributed by atoms with Gasteiger partial charge in [0.25, 0.3) is 0 Å². The molecule has 0 aromatic heterocycles. The van der Waals surface area contributed by atoms with Crippen LogP contribution in [-0.4, -0.2) is 31.6 Å². The van der Waals surface area contributed by atoms with Crippen LogP contribution in [0.2, 0.25) is 0 Å². The lowest BCUT2D eigenvalue weighted by Crippen LogP contribution is -2.22. The zero-order valence-corrected chi connectivity index (χ0v) is 11.7. The van der Waals surface area contributed by atoms with E-state index >= 15 is 0 Å². The molecule has 0 atom stereocenters. The van der Waals surface area contributed by atoms with Gasteiger partial charge in [0.1, 0.15) is 5.75 Å². The molecule has 1 rings (SSSR count). The highest BCUT2D eigenvalue weighted by Crippen LogP contribution is 2.13. The molecule has 0 aliphatic rings. The average molecular weight is 250 g/mol. The van der Waals surface area contributed by atoms with Gasteiger partial charge in [0.15, 0.2) is 0 Å². The molecule has 0 bridgehead atoms. The molecule has 0 radical (unpaired) electrons. The fraction of sp³-hybridized carbons (Fsp3) is 0.600. The second-order valence-corrected chi connectivity index (χ2v) is 4.71. The van der Waals surface area contributed by atoms with Crippen molar-refractivity contribution >= 4 is 0 Å². The molecule has 0 spiro atoms. The smallest absolute Gasteiger partial charge is 0.119 e. The molecular formula is C15H26N2O. The van der Waals surface area contributed by atoms with Gasteiger partial charge in [-0.3, -0.25) is 0 Å². The minimum Gasteiger partial charge on any atom is -0.494 e. The lowest BCUT2D eigenvalue weighted by Gasteiger charge is -2.16. The summed E-state index contributed by atoms with van der Waals surface area (Å²) < 4.78 is 5.72. The Morgan fingerprint density at radius 2 is 2.00 bits per heavy atom. The zero-order chi connectivity index (χ0) is 13.2. The van der Waals surface area contributed by atoms with Crippen LogP contribution >= 0.6 is 0 Å². The topological polar surface area (TPSA) is 38.5 Å². The third-order valence-corrected chi connectivity index (χ3v) is 2.98. The number of hydrogen-bond donors (Lipinski definition) is 1. The molecule has 1 aromatic carbocycles. The average Bonchev–Trinajstić information content (AvgIpc) is 2.41. The van der Waals surface area contributed by atoms with Gasteiger partial charge in [-0.25, -0.2) is 0 Å². The van der Waals surface area contributed by atoms with Gasteiger partial charge in [-0.05, 0) is 44.1 Å². The Balaban J connectivity index is 2.17. The number of nitrogens with zero attached hydrogens (tertiary/aromatic N) is 1. The molecule has 0 heterocycles. The first kappa shape index (κ1) is 15.0. The van der Waals surface area contributed by atoms with Gasteiger partial charge < -0.3 is 15.4 Å². The third-order valence-electron chi connectivity index (χ3n) is 2.98. The standard InChI is InChI=1S/C15H26N2O/c1-3-4-9-17(2)10-6-11-18-15-8-5-7-14(12-15)13-16/h5,7-8,12H,3-4,6,9-11,13,16H2,1-2H3. The van der Waals surface area contributed by atoms with Gasteiger partial charge in [0.2, 0.25) is 0 Å². The fourth-order valence-corrected chi connectivity index (χ4v) is 1.83. The maximum absolute atomic E-state index is 5.72. The molecule has 0 fully saturated rings. The molecule has 18 heavy (non-hydrogen) atoms. The van der Waals surface area contributed by atoms with Crippen LogP contribution in [0.25, 0.3) is 0 Å². The quantitative estimate of drug-likeness (QED) is 0.685. The minimum atomic E-state index is 0.566. The summed E-state index contributed by atoms with van der Waals surface area (Å²) in [5, 5.41) is 0. The van der Waals surface area contributed by atoms with Crippen molar-refractivity contribution in [2.75, 3.05) is 26.7 Å². The van der Waals surface area contributed by atoms with Crippen molar-refractivity contribution in [3.05, 3.63) is 29.8 Å². The first-order chi connectivity index (χ1) is 8.76. The van der Waals surface area contributed by atoms with Gasteiger partial charge in [0, 0.05) is 13.1 Å². The summed E-state index contributed by atoms with van der Waals surface area (Å²) in [5.41, 5.74) is 6.72. The van der Waals surface area contributed by atoms with Crippen LogP contribution in [0.15, 0.2) is 24.3 Å². The van der Waals surface area contributed by atoms with Crippen molar-refractivity contribution in [1.82, 2.24) is 4.90 Å². The molecule has 3 nitrogen and oxygen atoms in total. The van der Waals surface area contributed by atoms with E-state index in [1.807, 2.05) is 24.3 Å². The predicted octanol–water partition coefficient (Wildman–Crippen LogP) is 2.65. The Hall–Kier alpha value is -1.06. The van der Waals surface area contributed by atoms with Crippen LogP contribution in [0.5, 0.6) is 5.75 Å². The molecule has 0 saturated carbocycles.